The van der Waals surface area contributed by atoms with Gasteiger partial charge in [0, 0.05) is 18.2 Å². The summed E-state index contributed by atoms with van der Waals surface area (Å²) in [6.07, 6.45) is 1.87. The van der Waals surface area contributed by atoms with E-state index in [1.54, 1.807) is 0 Å². The first-order valence-electron chi connectivity index (χ1n) is 9.85. The van der Waals surface area contributed by atoms with Crippen LogP contribution in [0.1, 0.15) is 64.1 Å². The first kappa shape index (κ1) is 20.7. The Morgan fingerprint density at radius 3 is 2.07 bits per heavy atom. The van der Waals surface area contributed by atoms with Crippen molar-refractivity contribution < 1.29 is 5.11 Å². The van der Waals surface area contributed by atoms with Gasteiger partial charge in [0.1, 0.15) is 11.8 Å². The van der Waals surface area contributed by atoms with E-state index in [2.05, 4.69) is 52.6 Å². The number of allylic oxidation sites excluding steroid dienone is 1. The molecule has 0 aliphatic carbocycles. The Kier molecular flexibility index (Phi) is 5.04. The van der Waals surface area contributed by atoms with E-state index in [0.29, 0.717) is 17.1 Å². The van der Waals surface area contributed by atoms with Gasteiger partial charge in [-0.25, -0.2) is 4.98 Å². The Morgan fingerprint density at radius 2 is 1.59 bits per heavy atom. The molecule has 150 valence electrons. The second-order valence-corrected chi connectivity index (χ2v) is 9.62. The van der Waals surface area contributed by atoms with Crippen molar-refractivity contribution in [3.63, 3.8) is 0 Å². The van der Waals surface area contributed by atoms with Gasteiger partial charge in [-0.2, -0.15) is 5.26 Å². The highest BCUT2D eigenvalue weighted by atomic mass is 16.3. The Hall–Kier alpha value is -3.06. The molecule has 0 bridgehead atoms. The van der Waals surface area contributed by atoms with Crippen LogP contribution >= 0.6 is 0 Å². The smallest absolute Gasteiger partial charge is 0.151 e. The number of nitrogens with zero attached hydrogens (tertiary/aromatic N) is 3. The van der Waals surface area contributed by atoms with Crippen molar-refractivity contribution in [1.82, 2.24) is 9.55 Å². The normalized spacial score (nSPS) is 13.0. The molecule has 0 fully saturated rings. The number of rotatable bonds is 2. The molecular formula is C25H29N3O. The third kappa shape index (κ3) is 3.91. The van der Waals surface area contributed by atoms with Gasteiger partial charge in [0.2, 0.25) is 0 Å². The van der Waals surface area contributed by atoms with E-state index in [4.69, 9.17) is 0 Å². The fourth-order valence-electron chi connectivity index (χ4n) is 3.58. The molecule has 3 aromatic rings. The lowest BCUT2D eigenvalue weighted by atomic mass is 9.78. The molecule has 0 atom stereocenters. The summed E-state index contributed by atoms with van der Waals surface area (Å²) < 4.78 is 1.94. The number of para-hydroxylation sites is 2. The van der Waals surface area contributed by atoms with E-state index >= 15 is 0 Å². The predicted molar refractivity (Wildman–Crippen MR) is 120 cm³/mol. The van der Waals surface area contributed by atoms with Crippen molar-refractivity contribution in [1.29, 1.82) is 5.26 Å². The molecule has 0 unspecified atom stereocenters. The van der Waals surface area contributed by atoms with Crippen molar-refractivity contribution in [3.05, 3.63) is 58.9 Å². The van der Waals surface area contributed by atoms with E-state index in [9.17, 15) is 10.4 Å². The first-order valence-corrected chi connectivity index (χ1v) is 9.85. The fraction of sp³-hybridized carbons (Fsp3) is 0.360. The molecule has 29 heavy (non-hydrogen) atoms. The van der Waals surface area contributed by atoms with Gasteiger partial charge in [-0.05, 0) is 46.7 Å². The van der Waals surface area contributed by atoms with Gasteiger partial charge in [0.25, 0.3) is 0 Å². The molecule has 0 radical (unpaired) electrons. The van der Waals surface area contributed by atoms with Crippen LogP contribution in [0, 0.1) is 11.3 Å². The number of hydrogen-bond acceptors (Lipinski definition) is 3. The molecule has 0 saturated carbocycles. The first-order chi connectivity index (χ1) is 13.4. The summed E-state index contributed by atoms with van der Waals surface area (Å²) in [4.78, 5) is 4.66. The average molecular weight is 388 g/mol. The van der Waals surface area contributed by atoms with Gasteiger partial charge in [-0.3, -0.25) is 0 Å². The van der Waals surface area contributed by atoms with Gasteiger partial charge < -0.3 is 9.67 Å². The van der Waals surface area contributed by atoms with Gasteiger partial charge in [0.15, 0.2) is 5.82 Å². The highest BCUT2D eigenvalue weighted by Gasteiger charge is 2.26. The third-order valence-electron chi connectivity index (χ3n) is 5.21. The van der Waals surface area contributed by atoms with Crippen LogP contribution in [0.3, 0.4) is 0 Å². The van der Waals surface area contributed by atoms with E-state index in [1.165, 1.54) is 0 Å². The van der Waals surface area contributed by atoms with Crippen molar-refractivity contribution in [3.8, 4) is 11.8 Å². The standard InChI is InChI=1S/C25H29N3O/c1-24(2,3)18-13-16(14-19(22(18)29)25(4,5)6)12-17(15-26)23-27-20-10-8-9-11-21(20)28(23)7/h8-14,29H,1-7H3. The molecule has 0 amide bonds. The molecule has 3 rings (SSSR count). The number of aromatic hydroxyl groups is 1. The molecule has 1 heterocycles. The Morgan fingerprint density at radius 1 is 1.03 bits per heavy atom. The average Bonchev–Trinajstić information content (AvgIpc) is 2.96. The molecule has 4 heteroatoms. The maximum absolute atomic E-state index is 10.9. The summed E-state index contributed by atoms with van der Waals surface area (Å²) in [6.45, 7) is 12.5. The Bertz CT molecular complexity index is 1110. The molecule has 0 saturated heterocycles. The minimum absolute atomic E-state index is 0.224. The summed E-state index contributed by atoms with van der Waals surface area (Å²) in [5, 5.41) is 20.8. The minimum atomic E-state index is -0.224. The van der Waals surface area contributed by atoms with Crippen molar-refractivity contribution in [2.75, 3.05) is 0 Å². The number of phenolic OH excluding ortho intramolecular Hbond substituents is 1. The van der Waals surface area contributed by atoms with E-state index < -0.39 is 0 Å². The quantitative estimate of drug-likeness (QED) is 0.554. The fourth-order valence-corrected chi connectivity index (χ4v) is 3.58. The van der Waals surface area contributed by atoms with Crippen LogP contribution in [0.2, 0.25) is 0 Å². The van der Waals surface area contributed by atoms with E-state index in [0.717, 1.165) is 27.7 Å². The summed E-state index contributed by atoms with van der Waals surface area (Å²) in [5.74, 6) is 0.972. The van der Waals surface area contributed by atoms with Crippen LogP contribution in [-0.2, 0) is 17.9 Å². The number of benzene rings is 2. The molecule has 4 nitrogen and oxygen atoms in total. The molecular weight excluding hydrogens is 358 g/mol. The second-order valence-electron chi connectivity index (χ2n) is 9.62. The number of aryl methyl sites for hydroxylation is 1. The third-order valence-corrected chi connectivity index (χ3v) is 5.21. The topological polar surface area (TPSA) is 61.8 Å². The number of phenols is 1. The number of aromatic nitrogens is 2. The van der Waals surface area contributed by atoms with Crippen LogP contribution < -0.4 is 0 Å². The number of imidazole rings is 1. The lowest BCUT2D eigenvalue weighted by molar-refractivity contribution is 0.423. The maximum atomic E-state index is 10.9. The lowest BCUT2D eigenvalue weighted by Gasteiger charge is -2.28. The summed E-state index contributed by atoms with van der Waals surface area (Å²) in [7, 11) is 1.92. The number of hydrogen-bond donors (Lipinski definition) is 1. The summed E-state index contributed by atoms with van der Waals surface area (Å²) >= 11 is 0. The van der Waals surface area contributed by atoms with Crippen LogP contribution in [0.4, 0.5) is 0 Å². The van der Waals surface area contributed by atoms with Crippen LogP contribution in [0.15, 0.2) is 36.4 Å². The summed E-state index contributed by atoms with van der Waals surface area (Å²) in [5.41, 5.74) is 4.53. The molecule has 1 N–H and O–H groups in total. The summed E-state index contributed by atoms with van der Waals surface area (Å²) in [6, 6.07) is 14.1. The van der Waals surface area contributed by atoms with Crippen LogP contribution in [0.5, 0.6) is 5.75 Å². The van der Waals surface area contributed by atoms with Crippen molar-refractivity contribution in [2.24, 2.45) is 7.05 Å². The molecule has 0 spiro atoms. The largest absolute Gasteiger partial charge is 0.507 e. The zero-order valence-corrected chi connectivity index (χ0v) is 18.3. The van der Waals surface area contributed by atoms with Crippen molar-refractivity contribution >= 4 is 22.7 Å². The van der Waals surface area contributed by atoms with Gasteiger partial charge in [0.05, 0.1) is 16.6 Å². The molecule has 0 aliphatic heterocycles. The Balaban J connectivity index is 2.24. The van der Waals surface area contributed by atoms with E-state index in [-0.39, 0.29) is 10.8 Å². The highest BCUT2D eigenvalue weighted by molar-refractivity contribution is 5.91. The van der Waals surface area contributed by atoms with Gasteiger partial charge in [-0.15, -0.1) is 0 Å². The zero-order valence-electron chi connectivity index (χ0n) is 18.3. The van der Waals surface area contributed by atoms with Crippen LogP contribution in [-0.4, -0.2) is 14.7 Å². The van der Waals surface area contributed by atoms with Gasteiger partial charge >= 0.3 is 0 Å². The lowest BCUT2D eigenvalue weighted by Crippen LogP contribution is -2.17. The highest BCUT2D eigenvalue weighted by Crippen LogP contribution is 2.40. The minimum Gasteiger partial charge on any atom is -0.507 e. The molecule has 0 aliphatic rings. The van der Waals surface area contributed by atoms with Crippen LogP contribution in [0.25, 0.3) is 22.7 Å². The SMILES string of the molecule is Cn1c(C(C#N)=Cc2cc(C(C)(C)C)c(O)c(C(C)(C)C)c2)nc2ccccc21. The molecule has 1 aromatic heterocycles. The Labute approximate surface area is 173 Å². The van der Waals surface area contributed by atoms with E-state index in [1.807, 2.05) is 54.1 Å². The second kappa shape index (κ2) is 7.08. The number of nitriles is 1. The maximum Gasteiger partial charge on any atom is 0.151 e. The van der Waals surface area contributed by atoms with Gasteiger partial charge in [-0.1, -0.05) is 53.7 Å². The predicted octanol–water partition coefficient (Wildman–Crippen LogP) is 5.94. The zero-order chi connectivity index (χ0) is 21.6. The molecule has 2 aromatic carbocycles. The van der Waals surface area contributed by atoms with Crippen molar-refractivity contribution in [2.45, 2.75) is 52.4 Å². The number of fused-ring (bicyclic) bond motifs is 1. The monoisotopic (exact) mass is 387 g/mol.